The highest BCUT2D eigenvalue weighted by molar-refractivity contribution is 7.86. The molecule has 2 rings (SSSR count). The molecule has 0 fully saturated rings. The molecule has 0 saturated carbocycles. The highest BCUT2D eigenvalue weighted by Crippen LogP contribution is 2.17. The molecule has 0 spiro atoms. The van der Waals surface area contributed by atoms with Crippen LogP contribution in [0.5, 0.6) is 0 Å². The Morgan fingerprint density at radius 2 is 1.39 bits per heavy atom. The first kappa shape index (κ1) is 17.9. The van der Waals surface area contributed by atoms with Crippen molar-refractivity contribution >= 4 is 18.2 Å². The molecule has 0 saturated heterocycles. The van der Waals surface area contributed by atoms with E-state index in [2.05, 4.69) is 31.8 Å². The third kappa shape index (κ3) is 5.60. The Bertz CT molecular complexity index is 742. The molecule has 0 aromatic heterocycles. The lowest BCUT2D eigenvalue weighted by Gasteiger charge is -2.15. The Hall–Kier alpha value is -1.43. The Morgan fingerprint density at radius 3 is 1.91 bits per heavy atom. The van der Waals surface area contributed by atoms with Gasteiger partial charge in [-0.25, -0.2) is 0 Å². The molecule has 0 aliphatic rings. The fourth-order valence-electron chi connectivity index (χ4n) is 2.28. The molecule has 0 amide bonds. The van der Waals surface area contributed by atoms with Crippen molar-refractivity contribution in [3.63, 3.8) is 0 Å². The molecule has 0 heterocycles. The first-order chi connectivity index (χ1) is 10.7. The summed E-state index contributed by atoms with van der Waals surface area (Å²) in [4.78, 5) is 0.193. The monoisotopic (exact) mass is 348 g/mol. The van der Waals surface area contributed by atoms with Gasteiger partial charge in [-0.1, -0.05) is 67.2 Å². The maximum Gasteiger partial charge on any atom is 0.297 e. The molecule has 0 N–H and O–H groups in total. The number of hydrogen-bond acceptors (Lipinski definition) is 3. The zero-order valence-corrected chi connectivity index (χ0v) is 16.0. The van der Waals surface area contributed by atoms with Gasteiger partial charge in [0.05, 0.1) is 11.5 Å². The third-order valence-electron chi connectivity index (χ3n) is 3.45. The smallest absolute Gasteiger partial charge is 0.262 e. The van der Waals surface area contributed by atoms with Gasteiger partial charge in [-0.15, -0.1) is 0 Å². The minimum Gasteiger partial charge on any atom is -0.262 e. The molecular weight excluding hydrogens is 324 g/mol. The Morgan fingerprint density at radius 1 is 0.870 bits per heavy atom. The number of benzene rings is 2. The molecule has 0 atom stereocenters. The van der Waals surface area contributed by atoms with Crippen LogP contribution in [0, 0.1) is 6.92 Å². The van der Waals surface area contributed by atoms with Crippen LogP contribution in [0.25, 0.3) is 0 Å². The van der Waals surface area contributed by atoms with Crippen LogP contribution in [0.2, 0.25) is 19.6 Å². The van der Waals surface area contributed by atoms with Gasteiger partial charge in [0.25, 0.3) is 10.1 Å². The van der Waals surface area contributed by atoms with E-state index in [-0.39, 0.29) is 11.5 Å². The first-order valence-electron chi connectivity index (χ1n) is 7.70. The van der Waals surface area contributed by atoms with Crippen LogP contribution >= 0.6 is 0 Å². The van der Waals surface area contributed by atoms with Gasteiger partial charge in [-0.2, -0.15) is 8.42 Å². The second kappa shape index (κ2) is 6.99. The van der Waals surface area contributed by atoms with Gasteiger partial charge in [0.15, 0.2) is 0 Å². The average molecular weight is 349 g/mol. The van der Waals surface area contributed by atoms with Crippen LogP contribution < -0.4 is 0 Å². The van der Waals surface area contributed by atoms with E-state index in [1.54, 1.807) is 24.3 Å². The molecule has 0 unspecified atom stereocenters. The second-order valence-corrected chi connectivity index (χ2v) is 14.2. The Balaban J connectivity index is 2.01. The molecule has 5 heteroatoms. The normalized spacial score (nSPS) is 12.3. The lowest BCUT2D eigenvalue weighted by molar-refractivity contribution is 0.308. The summed E-state index contributed by atoms with van der Waals surface area (Å²) in [7, 11) is -4.85. The Labute approximate surface area is 140 Å². The first-order valence-corrected chi connectivity index (χ1v) is 12.8. The topological polar surface area (TPSA) is 43.4 Å². The van der Waals surface area contributed by atoms with Crippen molar-refractivity contribution in [1.29, 1.82) is 0 Å². The van der Waals surface area contributed by atoms with Crippen molar-refractivity contribution in [2.24, 2.45) is 0 Å². The standard InChI is InChI=1S/C18H24O3SSi/c1-15-5-11-18(12-6-15)22(19,20)21-13-16-7-9-17(10-8-16)14-23(2,3)4/h5-12H,13-14H2,1-4H3. The van der Waals surface area contributed by atoms with Gasteiger partial charge in [-0.3, -0.25) is 4.18 Å². The van der Waals surface area contributed by atoms with Crippen molar-refractivity contribution in [3.8, 4) is 0 Å². The van der Waals surface area contributed by atoms with Crippen LogP contribution in [-0.4, -0.2) is 16.5 Å². The van der Waals surface area contributed by atoms with Crippen molar-refractivity contribution < 1.29 is 12.6 Å². The molecule has 0 aliphatic carbocycles. The second-order valence-electron chi connectivity index (χ2n) is 7.08. The van der Waals surface area contributed by atoms with E-state index in [1.807, 2.05) is 19.1 Å². The molecule has 3 nitrogen and oxygen atoms in total. The fourth-order valence-corrected chi connectivity index (χ4v) is 4.64. The van der Waals surface area contributed by atoms with Gasteiger partial charge in [0.2, 0.25) is 0 Å². The molecule has 2 aromatic rings. The Kier molecular flexibility index (Phi) is 5.44. The zero-order valence-electron chi connectivity index (χ0n) is 14.2. The SMILES string of the molecule is Cc1ccc(S(=O)(=O)OCc2ccc(C[Si](C)(C)C)cc2)cc1. The number of hydrogen-bond donors (Lipinski definition) is 0. The van der Waals surface area contributed by atoms with E-state index in [9.17, 15) is 8.42 Å². The highest BCUT2D eigenvalue weighted by Gasteiger charge is 2.16. The minimum atomic E-state index is -3.71. The van der Waals surface area contributed by atoms with E-state index < -0.39 is 18.2 Å². The molecule has 0 bridgehead atoms. The van der Waals surface area contributed by atoms with Crippen molar-refractivity contribution in [3.05, 3.63) is 65.2 Å². The largest absolute Gasteiger partial charge is 0.297 e. The van der Waals surface area contributed by atoms with Gasteiger partial charge >= 0.3 is 0 Å². The van der Waals surface area contributed by atoms with Crippen molar-refractivity contribution in [2.45, 2.75) is 44.1 Å². The third-order valence-corrected chi connectivity index (χ3v) is 6.19. The van der Waals surface area contributed by atoms with Crippen LogP contribution in [0.1, 0.15) is 16.7 Å². The molecule has 124 valence electrons. The summed E-state index contributed by atoms with van der Waals surface area (Å²) in [6.45, 7) is 8.97. The average Bonchev–Trinajstić information content (AvgIpc) is 2.45. The quantitative estimate of drug-likeness (QED) is 0.577. The molecule has 0 aliphatic heterocycles. The summed E-state index contributed by atoms with van der Waals surface area (Å²) in [6.07, 6.45) is 0. The fraction of sp³-hybridized carbons (Fsp3) is 0.333. The van der Waals surface area contributed by atoms with Crippen LogP contribution in [0.15, 0.2) is 53.4 Å². The van der Waals surface area contributed by atoms with Crippen LogP contribution in [-0.2, 0) is 27.0 Å². The molecule has 0 radical (unpaired) electrons. The van der Waals surface area contributed by atoms with Crippen LogP contribution in [0.4, 0.5) is 0 Å². The lowest BCUT2D eigenvalue weighted by Crippen LogP contribution is -2.23. The molecular formula is C18H24O3SSi. The summed E-state index contributed by atoms with van der Waals surface area (Å²) >= 11 is 0. The zero-order chi connectivity index (χ0) is 17.1. The van der Waals surface area contributed by atoms with E-state index in [0.29, 0.717) is 0 Å². The van der Waals surface area contributed by atoms with Crippen molar-refractivity contribution in [1.82, 2.24) is 0 Å². The van der Waals surface area contributed by atoms with Crippen molar-refractivity contribution in [2.75, 3.05) is 0 Å². The summed E-state index contributed by atoms with van der Waals surface area (Å²) in [5.74, 6) is 0. The maximum absolute atomic E-state index is 12.2. The lowest BCUT2D eigenvalue weighted by atomic mass is 10.2. The van der Waals surface area contributed by atoms with Gasteiger partial charge < -0.3 is 0 Å². The highest BCUT2D eigenvalue weighted by atomic mass is 32.2. The van der Waals surface area contributed by atoms with E-state index in [1.165, 1.54) is 5.56 Å². The summed E-state index contributed by atoms with van der Waals surface area (Å²) < 4.78 is 29.5. The van der Waals surface area contributed by atoms with Gasteiger partial charge in [0, 0.05) is 8.07 Å². The van der Waals surface area contributed by atoms with Crippen LogP contribution in [0.3, 0.4) is 0 Å². The predicted molar refractivity (Wildman–Crippen MR) is 96.6 cm³/mol. The molecule has 23 heavy (non-hydrogen) atoms. The summed E-state index contributed by atoms with van der Waals surface area (Å²) in [5, 5.41) is 0. The van der Waals surface area contributed by atoms with Gasteiger partial charge in [-0.05, 0) is 30.7 Å². The predicted octanol–water partition coefficient (Wildman–Crippen LogP) is 4.32. The van der Waals surface area contributed by atoms with E-state index in [0.717, 1.165) is 17.2 Å². The van der Waals surface area contributed by atoms with E-state index in [4.69, 9.17) is 4.18 Å². The summed E-state index contributed by atoms with van der Waals surface area (Å²) in [5.41, 5.74) is 3.18. The minimum absolute atomic E-state index is 0.0590. The number of aryl methyl sites for hydroxylation is 1. The number of rotatable bonds is 6. The van der Waals surface area contributed by atoms with Gasteiger partial charge in [0.1, 0.15) is 0 Å². The molecule has 2 aromatic carbocycles. The maximum atomic E-state index is 12.2. The van der Waals surface area contributed by atoms with E-state index >= 15 is 0 Å². The summed E-state index contributed by atoms with van der Waals surface area (Å²) in [6, 6.07) is 15.8.